The Labute approximate surface area is 132 Å². The lowest BCUT2D eigenvalue weighted by Gasteiger charge is -2.32. The maximum Gasteiger partial charge on any atom is 0.313 e. The number of para-hydroxylation sites is 1. The standard InChI is InChI=1S/C18H26N2O2/c1-12(2)15-10-7-8-13(3)16(15)19-17(21)18(22)20-11-6-5-9-14(20)4/h7-8,10,12,14H,5-6,9,11H2,1-4H3,(H,19,21). The Morgan fingerprint density at radius 3 is 2.64 bits per heavy atom. The topological polar surface area (TPSA) is 49.4 Å². The summed E-state index contributed by atoms with van der Waals surface area (Å²) in [4.78, 5) is 26.5. The second-order valence-electron chi connectivity index (χ2n) is 6.49. The Morgan fingerprint density at radius 2 is 2.00 bits per heavy atom. The number of carbonyl (C=O) groups is 2. The zero-order valence-electron chi connectivity index (χ0n) is 14.0. The molecule has 1 heterocycles. The van der Waals surface area contributed by atoms with E-state index in [0.717, 1.165) is 36.1 Å². The lowest BCUT2D eigenvalue weighted by atomic mass is 9.98. The quantitative estimate of drug-likeness (QED) is 0.851. The van der Waals surface area contributed by atoms with E-state index >= 15 is 0 Å². The Morgan fingerprint density at radius 1 is 1.27 bits per heavy atom. The number of anilines is 1. The van der Waals surface area contributed by atoms with Gasteiger partial charge in [0.05, 0.1) is 0 Å². The number of benzene rings is 1. The molecule has 1 aliphatic rings. The van der Waals surface area contributed by atoms with Crippen molar-refractivity contribution >= 4 is 17.5 Å². The van der Waals surface area contributed by atoms with Crippen LogP contribution in [0.1, 0.15) is 57.1 Å². The van der Waals surface area contributed by atoms with E-state index in [1.807, 2.05) is 32.0 Å². The average molecular weight is 302 g/mol. The molecule has 0 spiro atoms. The minimum Gasteiger partial charge on any atom is -0.332 e. The number of likely N-dealkylation sites (tertiary alicyclic amines) is 1. The van der Waals surface area contributed by atoms with Crippen LogP contribution in [0.25, 0.3) is 0 Å². The van der Waals surface area contributed by atoms with E-state index in [4.69, 9.17) is 0 Å². The molecule has 4 heteroatoms. The van der Waals surface area contributed by atoms with E-state index in [9.17, 15) is 9.59 Å². The third kappa shape index (κ3) is 3.49. The fourth-order valence-corrected chi connectivity index (χ4v) is 3.04. The zero-order chi connectivity index (χ0) is 16.3. The molecule has 1 atom stereocenters. The first-order valence-corrected chi connectivity index (χ1v) is 8.13. The highest BCUT2D eigenvalue weighted by Crippen LogP contribution is 2.27. The van der Waals surface area contributed by atoms with Gasteiger partial charge in [-0.15, -0.1) is 0 Å². The van der Waals surface area contributed by atoms with Gasteiger partial charge in [-0.3, -0.25) is 9.59 Å². The van der Waals surface area contributed by atoms with E-state index in [-0.39, 0.29) is 6.04 Å². The Balaban J connectivity index is 2.17. The van der Waals surface area contributed by atoms with Crippen molar-refractivity contribution in [2.45, 2.75) is 58.9 Å². The molecule has 120 valence electrons. The highest BCUT2D eigenvalue weighted by molar-refractivity contribution is 6.39. The summed E-state index contributed by atoms with van der Waals surface area (Å²) in [7, 11) is 0. The highest BCUT2D eigenvalue weighted by atomic mass is 16.2. The maximum atomic E-state index is 12.4. The van der Waals surface area contributed by atoms with Gasteiger partial charge in [-0.25, -0.2) is 0 Å². The molecule has 1 unspecified atom stereocenters. The highest BCUT2D eigenvalue weighted by Gasteiger charge is 2.28. The summed E-state index contributed by atoms with van der Waals surface area (Å²) in [5, 5.41) is 2.85. The van der Waals surface area contributed by atoms with Gasteiger partial charge < -0.3 is 10.2 Å². The number of hydrogen-bond donors (Lipinski definition) is 1. The molecule has 0 aliphatic carbocycles. The van der Waals surface area contributed by atoms with E-state index in [1.54, 1.807) is 4.90 Å². The molecule has 0 radical (unpaired) electrons. The van der Waals surface area contributed by atoms with Crippen LogP contribution in [0.4, 0.5) is 5.69 Å². The summed E-state index contributed by atoms with van der Waals surface area (Å²) in [5.41, 5.74) is 2.83. The molecule has 0 bridgehead atoms. The van der Waals surface area contributed by atoms with Gasteiger partial charge in [0, 0.05) is 18.3 Å². The normalized spacial score (nSPS) is 18.4. The number of amides is 2. The van der Waals surface area contributed by atoms with Crippen LogP contribution >= 0.6 is 0 Å². The van der Waals surface area contributed by atoms with Gasteiger partial charge in [-0.05, 0) is 50.2 Å². The number of aryl methyl sites for hydroxylation is 1. The van der Waals surface area contributed by atoms with Crippen molar-refractivity contribution in [3.63, 3.8) is 0 Å². The maximum absolute atomic E-state index is 12.4. The summed E-state index contributed by atoms with van der Waals surface area (Å²) in [6, 6.07) is 6.08. The van der Waals surface area contributed by atoms with Gasteiger partial charge in [-0.1, -0.05) is 32.0 Å². The van der Waals surface area contributed by atoms with Crippen molar-refractivity contribution in [3.8, 4) is 0 Å². The summed E-state index contributed by atoms with van der Waals surface area (Å²) >= 11 is 0. The molecule has 2 rings (SSSR count). The molecular formula is C18H26N2O2. The van der Waals surface area contributed by atoms with Gasteiger partial charge in [0.1, 0.15) is 0 Å². The third-order valence-corrected chi connectivity index (χ3v) is 4.42. The molecule has 22 heavy (non-hydrogen) atoms. The van der Waals surface area contributed by atoms with Crippen molar-refractivity contribution < 1.29 is 9.59 Å². The number of nitrogens with one attached hydrogen (secondary N) is 1. The number of rotatable bonds is 2. The Bertz CT molecular complexity index is 566. The first kappa shape index (κ1) is 16.5. The Hall–Kier alpha value is -1.84. The van der Waals surface area contributed by atoms with Crippen molar-refractivity contribution in [2.24, 2.45) is 0 Å². The van der Waals surface area contributed by atoms with E-state index in [1.165, 1.54) is 0 Å². The fourth-order valence-electron chi connectivity index (χ4n) is 3.04. The molecule has 4 nitrogen and oxygen atoms in total. The largest absolute Gasteiger partial charge is 0.332 e. The van der Waals surface area contributed by atoms with Crippen LogP contribution in [-0.2, 0) is 9.59 Å². The molecule has 1 saturated heterocycles. The summed E-state index contributed by atoms with van der Waals surface area (Å²) < 4.78 is 0. The first-order chi connectivity index (χ1) is 10.4. The van der Waals surface area contributed by atoms with Crippen LogP contribution in [0.2, 0.25) is 0 Å². The van der Waals surface area contributed by atoms with Gasteiger partial charge >= 0.3 is 11.8 Å². The average Bonchev–Trinajstić information content (AvgIpc) is 2.48. The lowest BCUT2D eigenvalue weighted by molar-refractivity contribution is -0.145. The van der Waals surface area contributed by atoms with Crippen LogP contribution < -0.4 is 5.32 Å². The van der Waals surface area contributed by atoms with Crippen molar-refractivity contribution in [1.29, 1.82) is 0 Å². The van der Waals surface area contributed by atoms with E-state index in [2.05, 4.69) is 19.2 Å². The lowest BCUT2D eigenvalue weighted by Crippen LogP contribution is -2.47. The van der Waals surface area contributed by atoms with Gasteiger partial charge in [-0.2, -0.15) is 0 Å². The second-order valence-corrected chi connectivity index (χ2v) is 6.49. The van der Waals surface area contributed by atoms with Crippen LogP contribution in [0.15, 0.2) is 18.2 Å². The monoisotopic (exact) mass is 302 g/mol. The molecule has 2 amide bonds. The molecule has 1 fully saturated rings. The predicted octanol–water partition coefficient (Wildman–Crippen LogP) is 3.46. The van der Waals surface area contributed by atoms with Crippen LogP contribution in [0.3, 0.4) is 0 Å². The van der Waals surface area contributed by atoms with E-state index < -0.39 is 11.8 Å². The molecule has 0 aromatic heterocycles. The van der Waals surface area contributed by atoms with Crippen LogP contribution in [0, 0.1) is 6.92 Å². The number of piperidine rings is 1. The molecule has 1 aliphatic heterocycles. The number of carbonyl (C=O) groups excluding carboxylic acids is 2. The van der Waals surface area contributed by atoms with Gasteiger partial charge in [0.15, 0.2) is 0 Å². The van der Waals surface area contributed by atoms with Gasteiger partial charge in [0.25, 0.3) is 0 Å². The minimum absolute atomic E-state index is 0.147. The molecule has 1 aromatic rings. The van der Waals surface area contributed by atoms with Crippen LogP contribution in [-0.4, -0.2) is 29.3 Å². The first-order valence-electron chi connectivity index (χ1n) is 8.13. The Kier molecular flexibility index (Phi) is 5.22. The number of nitrogens with zero attached hydrogens (tertiary/aromatic N) is 1. The molecule has 0 saturated carbocycles. The van der Waals surface area contributed by atoms with Gasteiger partial charge in [0.2, 0.25) is 0 Å². The smallest absolute Gasteiger partial charge is 0.313 e. The van der Waals surface area contributed by atoms with Crippen molar-refractivity contribution in [1.82, 2.24) is 4.90 Å². The predicted molar refractivity (Wildman–Crippen MR) is 88.9 cm³/mol. The second kappa shape index (κ2) is 6.95. The molecule has 1 aromatic carbocycles. The minimum atomic E-state index is -0.523. The van der Waals surface area contributed by atoms with Crippen LogP contribution in [0.5, 0.6) is 0 Å². The molecule has 1 N–H and O–H groups in total. The zero-order valence-corrected chi connectivity index (χ0v) is 14.0. The summed E-state index contributed by atoms with van der Waals surface area (Å²) in [6.07, 6.45) is 3.08. The third-order valence-electron chi connectivity index (χ3n) is 4.42. The summed E-state index contributed by atoms with van der Waals surface area (Å²) in [6.45, 7) is 8.81. The summed E-state index contributed by atoms with van der Waals surface area (Å²) in [5.74, 6) is -0.644. The van der Waals surface area contributed by atoms with Crippen molar-refractivity contribution in [3.05, 3.63) is 29.3 Å². The molecular weight excluding hydrogens is 276 g/mol. The van der Waals surface area contributed by atoms with Crippen molar-refractivity contribution in [2.75, 3.05) is 11.9 Å². The SMILES string of the molecule is Cc1cccc(C(C)C)c1NC(=O)C(=O)N1CCCCC1C. The fraction of sp³-hybridized carbons (Fsp3) is 0.556. The number of hydrogen-bond acceptors (Lipinski definition) is 2. The van der Waals surface area contributed by atoms with E-state index in [0.29, 0.717) is 12.5 Å².